The van der Waals surface area contributed by atoms with Gasteiger partial charge in [0.25, 0.3) is 5.79 Å². The second kappa shape index (κ2) is 6.64. The largest absolute Gasteiger partial charge is 0.479 e. The Balaban J connectivity index is 2.25. The number of benzene rings is 1. The molecule has 0 amide bonds. The lowest BCUT2D eigenvalue weighted by Crippen LogP contribution is -2.41. The fourth-order valence-electron chi connectivity index (χ4n) is 1.89. The van der Waals surface area contributed by atoms with Gasteiger partial charge in [-0.3, -0.25) is 0 Å². The predicted molar refractivity (Wildman–Crippen MR) is 86.1 cm³/mol. The number of aliphatic carboxylic acids is 1. The number of carbonyl (C=O) groups excluding carboxylic acids is 2. The van der Waals surface area contributed by atoms with Crippen molar-refractivity contribution >= 4 is 39.9 Å². The fraction of sp³-hybridized carbons (Fsp3) is 0.312. The molecule has 8 heteroatoms. The maximum atomic E-state index is 11.9. The zero-order valence-electron chi connectivity index (χ0n) is 13.2. The molecule has 0 saturated carbocycles. The van der Waals surface area contributed by atoms with Crippen molar-refractivity contribution in [1.29, 1.82) is 0 Å². The van der Waals surface area contributed by atoms with Crippen molar-refractivity contribution in [3.05, 3.63) is 33.8 Å². The van der Waals surface area contributed by atoms with Gasteiger partial charge in [-0.2, -0.15) is 0 Å². The van der Waals surface area contributed by atoms with E-state index in [0.717, 1.165) is 0 Å². The van der Waals surface area contributed by atoms with Crippen LogP contribution in [0.3, 0.4) is 0 Å². The SMILES string of the molecule is CC(Oc1ccc(C=C2C(=O)OC(C)(C)OC2=O)cc1Br)C(=O)O. The Kier molecular flexibility index (Phi) is 4.98. The number of carboxylic acids is 1. The molecule has 2 rings (SSSR count). The minimum atomic E-state index is -1.29. The monoisotopic (exact) mass is 398 g/mol. The van der Waals surface area contributed by atoms with Crippen molar-refractivity contribution in [2.45, 2.75) is 32.7 Å². The molecule has 1 aromatic carbocycles. The van der Waals surface area contributed by atoms with Crippen molar-refractivity contribution in [2.24, 2.45) is 0 Å². The van der Waals surface area contributed by atoms with Crippen LogP contribution in [-0.2, 0) is 23.9 Å². The van der Waals surface area contributed by atoms with Crippen molar-refractivity contribution in [2.75, 3.05) is 0 Å². The Labute approximate surface area is 146 Å². The van der Waals surface area contributed by atoms with Gasteiger partial charge in [0.05, 0.1) is 4.47 Å². The van der Waals surface area contributed by atoms with Gasteiger partial charge in [0.2, 0.25) is 0 Å². The Bertz CT molecular complexity index is 714. The molecule has 1 aromatic rings. The number of carbonyl (C=O) groups is 3. The summed E-state index contributed by atoms with van der Waals surface area (Å²) in [5.74, 6) is -3.61. The third-order valence-electron chi connectivity index (χ3n) is 3.04. The van der Waals surface area contributed by atoms with E-state index in [1.165, 1.54) is 32.9 Å². The van der Waals surface area contributed by atoms with Crippen molar-refractivity contribution in [3.63, 3.8) is 0 Å². The van der Waals surface area contributed by atoms with Gasteiger partial charge >= 0.3 is 17.9 Å². The number of hydrogen-bond acceptors (Lipinski definition) is 6. The van der Waals surface area contributed by atoms with Crippen LogP contribution < -0.4 is 4.74 Å². The standard InChI is InChI=1S/C16H15BrO7/c1-8(13(18)19)22-12-5-4-9(7-11(12)17)6-10-14(20)23-16(2,3)24-15(10)21/h4-8H,1-3H3,(H,18,19). The van der Waals surface area contributed by atoms with Crippen molar-refractivity contribution in [1.82, 2.24) is 0 Å². The first-order valence-electron chi connectivity index (χ1n) is 6.96. The third kappa shape index (κ3) is 4.14. The van der Waals surface area contributed by atoms with E-state index in [-0.39, 0.29) is 5.57 Å². The van der Waals surface area contributed by atoms with Gasteiger partial charge in [-0.15, -0.1) is 0 Å². The first-order chi connectivity index (χ1) is 11.1. The van der Waals surface area contributed by atoms with E-state index < -0.39 is 29.8 Å². The van der Waals surface area contributed by atoms with Crippen LogP contribution in [0.1, 0.15) is 26.3 Å². The molecule has 1 unspecified atom stereocenters. The summed E-state index contributed by atoms with van der Waals surface area (Å²) in [6.07, 6.45) is 0.311. The molecule has 7 nitrogen and oxygen atoms in total. The van der Waals surface area contributed by atoms with Crippen LogP contribution in [0, 0.1) is 0 Å². The van der Waals surface area contributed by atoms with E-state index in [1.54, 1.807) is 12.1 Å². The molecule has 1 saturated heterocycles. The number of ether oxygens (including phenoxy) is 3. The second-order valence-electron chi connectivity index (χ2n) is 5.53. The number of hydrogen-bond donors (Lipinski definition) is 1. The fourth-order valence-corrected chi connectivity index (χ4v) is 2.38. The van der Waals surface area contributed by atoms with Crippen LogP contribution in [0.4, 0.5) is 0 Å². The number of esters is 2. The van der Waals surface area contributed by atoms with E-state index in [1.807, 2.05) is 0 Å². The first kappa shape index (κ1) is 18.0. The molecular weight excluding hydrogens is 384 g/mol. The van der Waals surface area contributed by atoms with Crippen LogP contribution in [0.2, 0.25) is 0 Å². The molecule has 0 spiro atoms. The van der Waals surface area contributed by atoms with E-state index in [0.29, 0.717) is 15.8 Å². The Morgan fingerprint density at radius 3 is 2.38 bits per heavy atom. The maximum absolute atomic E-state index is 11.9. The average molecular weight is 399 g/mol. The topological polar surface area (TPSA) is 99.1 Å². The van der Waals surface area contributed by atoms with Gasteiger partial charge in [0.15, 0.2) is 6.10 Å². The molecule has 0 radical (unpaired) electrons. The van der Waals surface area contributed by atoms with Gasteiger partial charge in [0, 0.05) is 13.8 Å². The molecule has 24 heavy (non-hydrogen) atoms. The minimum absolute atomic E-state index is 0.228. The molecule has 1 aliphatic rings. The molecule has 0 bridgehead atoms. The molecule has 1 aliphatic heterocycles. The first-order valence-corrected chi connectivity index (χ1v) is 7.76. The highest BCUT2D eigenvalue weighted by Gasteiger charge is 2.38. The molecule has 0 aromatic heterocycles. The smallest absolute Gasteiger partial charge is 0.348 e. The third-order valence-corrected chi connectivity index (χ3v) is 3.65. The molecule has 1 N–H and O–H groups in total. The van der Waals surface area contributed by atoms with Gasteiger partial charge in [-0.1, -0.05) is 6.07 Å². The summed E-state index contributed by atoms with van der Waals surface area (Å²) in [5, 5.41) is 8.85. The molecule has 0 aliphatic carbocycles. The zero-order valence-corrected chi connectivity index (χ0v) is 14.7. The molecule has 1 atom stereocenters. The number of rotatable bonds is 4. The summed E-state index contributed by atoms with van der Waals surface area (Å²) in [5.41, 5.74) is 0.287. The Hall–Kier alpha value is -2.35. The molecular formula is C16H15BrO7. The summed E-state index contributed by atoms with van der Waals surface area (Å²) in [7, 11) is 0. The average Bonchev–Trinajstić information content (AvgIpc) is 2.44. The van der Waals surface area contributed by atoms with Crippen molar-refractivity contribution < 1.29 is 33.7 Å². The van der Waals surface area contributed by atoms with Crippen LogP contribution in [-0.4, -0.2) is 34.9 Å². The van der Waals surface area contributed by atoms with Gasteiger partial charge in [0.1, 0.15) is 11.3 Å². The van der Waals surface area contributed by atoms with E-state index >= 15 is 0 Å². The number of halogens is 1. The zero-order chi connectivity index (χ0) is 18.1. The lowest BCUT2D eigenvalue weighted by molar-refractivity contribution is -0.222. The van der Waals surface area contributed by atoms with Gasteiger partial charge in [-0.25, -0.2) is 14.4 Å². The van der Waals surface area contributed by atoms with Crippen molar-refractivity contribution in [3.8, 4) is 5.75 Å². The van der Waals surface area contributed by atoms with Crippen LogP contribution in [0.15, 0.2) is 28.2 Å². The molecule has 1 fully saturated rings. The van der Waals surface area contributed by atoms with E-state index in [2.05, 4.69) is 15.9 Å². The Morgan fingerprint density at radius 2 is 1.88 bits per heavy atom. The highest BCUT2D eigenvalue weighted by atomic mass is 79.9. The lowest BCUT2D eigenvalue weighted by Gasteiger charge is -2.29. The normalized spacial score (nSPS) is 17.6. The summed E-state index contributed by atoms with van der Waals surface area (Å²) in [6, 6.07) is 4.68. The van der Waals surface area contributed by atoms with Gasteiger partial charge in [-0.05, 0) is 46.6 Å². The number of cyclic esters (lactones) is 2. The van der Waals surface area contributed by atoms with Gasteiger partial charge < -0.3 is 19.3 Å². The summed E-state index contributed by atoms with van der Waals surface area (Å²) < 4.78 is 15.8. The summed E-state index contributed by atoms with van der Waals surface area (Å²) in [4.78, 5) is 34.6. The maximum Gasteiger partial charge on any atom is 0.348 e. The minimum Gasteiger partial charge on any atom is -0.479 e. The van der Waals surface area contributed by atoms with E-state index in [9.17, 15) is 14.4 Å². The Morgan fingerprint density at radius 1 is 1.29 bits per heavy atom. The second-order valence-corrected chi connectivity index (χ2v) is 6.38. The lowest BCUT2D eigenvalue weighted by atomic mass is 10.1. The highest BCUT2D eigenvalue weighted by Crippen LogP contribution is 2.29. The predicted octanol–water partition coefficient (Wildman–Crippen LogP) is 2.52. The quantitative estimate of drug-likeness (QED) is 0.472. The molecule has 1 heterocycles. The van der Waals surface area contributed by atoms with Crippen LogP contribution in [0.25, 0.3) is 6.08 Å². The van der Waals surface area contributed by atoms with E-state index in [4.69, 9.17) is 19.3 Å². The van der Waals surface area contributed by atoms with Crippen LogP contribution in [0.5, 0.6) is 5.75 Å². The summed E-state index contributed by atoms with van der Waals surface area (Å²) >= 11 is 3.26. The van der Waals surface area contributed by atoms with Crippen LogP contribution >= 0.6 is 15.9 Å². The molecule has 128 valence electrons. The number of carboxylic acid groups (broad SMARTS) is 1. The highest BCUT2D eigenvalue weighted by molar-refractivity contribution is 9.10. The summed E-state index contributed by atoms with van der Waals surface area (Å²) in [6.45, 7) is 4.33.